The summed E-state index contributed by atoms with van der Waals surface area (Å²) in [7, 11) is 13.2. The predicted octanol–water partition coefficient (Wildman–Crippen LogP) is 6.50. The van der Waals surface area contributed by atoms with Gasteiger partial charge in [0, 0.05) is 34.8 Å². The maximum atomic E-state index is 2.52. The van der Waals surface area contributed by atoms with E-state index < -0.39 is 0 Å². The maximum Gasteiger partial charge on any atom is 0.0567 e. The number of hydrogen-bond donors (Lipinski definition) is 0. The first kappa shape index (κ1) is 31.2. The summed E-state index contributed by atoms with van der Waals surface area (Å²) in [5.41, 5.74) is 6.58. The molecule has 2 rings (SSSR count). The van der Waals surface area contributed by atoms with Crippen LogP contribution in [0, 0.1) is 5.41 Å². The van der Waals surface area contributed by atoms with Crippen molar-refractivity contribution in [3.63, 3.8) is 0 Å². The Labute approximate surface area is 214 Å². The van der Waals surface area contributed by atoms with Crippen LogP contribution in [0.25, 0.3) is 0 Å². The van der Waals surface area contributed by atoms with Crippen molar-refractivity contribution in [3.05, 3.63) is 22.4 Å². The minimum atomic E-state index is 0.0708. The molecule has 4 nitrogen and oxygen atoms in total. The normalized spacial score (nSPS) is 32.8. The molecular weight excluding hydrogens is 416 g/mol. The lowest BCUT2D eigenvalue weighted by Gasteiger charge is -2.65. The molecule has 0 aromatic heterocycles. The molecule has 0 fully saturated rings. The van der Waals surface area contributed by atoms with Gasteiger partial charge >= 0.3 is 0 Å². The van der Waals surface area contributed by atoms with Gasteiger partial charge in [-0.3, -0.25) is 9.80 Å². The Morgan fingerprint density at radius 3 is 1.32 bits per heavy atom. The monoisotopic (exact) mass is 476 g/mol. The highest BCUT2D eigenvalue weighted by Gasteiger charge is 2.59. The molecule has 0 N–H and O–H groups in total. The average molecular weight is 477 g/mol. The molecule has 0 radical (unpaired) electrons. The largest absolute Gasteiger partial charge is 0.371 e. The van der Waals surface area contributed by atoms with Gasteiger partial charge in [0.25, 0.3) is 0 Å². The maximum absolute atomic E-state index is 2.52. The Morgan fingerprint density at radius 1 is 0.559 bits per heavy atom. The van der Waals surface area contributed by atoms with E-state index >= 15 is 0 Å². The van der Waals surface area contributed by atoms with Crippen molar-refractivity contribution in [2.75, 3.05) is 42.3 Å². The first-order valence-electron chi connectivity index (χ1n) is 13.0. The predicted molar refractivity (Wildman–Crippen MR) is 152 cm³/mol. The summed E-state index contributed by atoms with van der Waals surface area (Å²) in [5.74, 6) is 0. The standard InChI is InChI=1S/2C15H30N2/c1-11-12(2)17(10)14(5,6)15(7,16(8)9)13(11,3)4;1-11-12(2)15(7,16(8)9)14(5,6)17(10)13(11,3)4/h2*1-10H3. The van der Waals surface area contributed by atoms with E-state index in [1.165, 1.54) is 22.4 Å². The van der Waals surface area contributed by atoms with E-state index in [1.807, 2.05) is 0 Å². The van der Waals surface area contributed by atoms with Crippen LogP contribution in [0.3, 0.4) is 0 Å². The number of rotatable bonds is 2. The summed E-state index contributed by atoms with van der Waals surface area (Å²) in [6, 6.07) is 0. The molecule has 2 atom stereocenters. The molecule has 0 saturated carbocycles. The summed E-state index contributed by atoms with van der Waals surface area (Å²) in [5, 5.41) is 0. The molecule has 0 spiro atoms. The average Bonchev–Trinajstić information content (AvgIpc) is 2.72. The SMILES string of the molecule is CC1=C(C)C(C)(C)C(C)(N(C)C)C(C)(C)N1C.CC1=C(C)C(C)(N(C)C)C(C)(C)N(C)C1(C)C. The Kier molecular flexibility index (Phi) is 8.18. The van der Waals surface area contributed by atoms with Gasteiger partial charge in [0.2, 0.25) is 0 Å². The van der Waals surface area contributed by atoms with Crippen molar-refractivity contribution in [1.82, 2.24) is 19.6 Å². The van der Waals surface area contributed by atoms with Gasteiger partial charge < -0.3 is 9.80 Å². The molecule has 4 heteroatoms. The topological polar surface area (TPSA) is 13.0 Å². The second kappa shape index (κ2) is 8.92. The molecule has 0 bridgehead atoms. The Morgan fingerprint density at radius 2 is 0.971 bits per heavy atom. The molecule has 0 aliphatic carbocycles. The second-order valence-corrected chi connectivity index (χ2v) is 13.8. The van der Waals surface area contributed by atoms with Gasteiger partial charge in [-0.05, 0) is 124 Å². The third kappa shape index (κ3) is 3.82. The van der Waals surface area contributed by atoms with Crippen molar-refractivity contribution in [3.8, 4) is 0 Å². The van der Waals surface area contributed by atoms with E-state index in [-0.39, 0.29) is 33.1 Å². The van der Waals surface area contributed by atoms with E-state index in [1.54, 1.807) is 0 Å². The number of allylic oxidation sites excluding steroid dienone is 1. The van der Waals surface area contributed by atoms with Crippen LogP contribution in [0.4, 0.5) is 0 Å². The fraction of sp³-hybridized carbons (Fsp3) is 0.867. The van der Waals surface area contributed by atoms with Crippen LogP contribution in [0.15, 0.2) is 22.4 Å². The summed E-state index contributed by atoms with van der Waals surface area (Å²) < 4.78 is 0. The van der Waals surface area contributed by atoms with Crippen LogP contribution in [0.5, 0.6) is 0 Å². The molecule has 34 heavy (non-hydrogen) atoms. The fourth-order valence-corrected chi connectivity index (χ4v) is 7.13. The zero-order chi connectivity index (χ0) is 27.6. The molecule has 2 aliphatic heterocycles. The second-order valence-electron chi connectivity index (χ2n) is 13.8. The zero-order valence-electron chi connectivity index (χ0n) is 26.8. The molecule has 0 amide bonds. The fourth-order valence-electron chi connectivity index (χ4n) is 7.13. The van der Waals surface area contributed by atoms with Crippen molar-refractivity contribution < 1.29 is 0 Å². The van der Waals surface area contributed by atoms with Gasteiger partial charge in [-0.15, -0.1) is 0 Å². The van der Waals surface area contributed by atoms with Crippen molar-refractivity contribution in [2.45, 2.75) is 125 Å². The third-order valence-corrected chi connectivity index (χ3v) is 12.1. The van der Waals surface area contributed by atoms with Gasteiger partial charge in [0.1, 0.15) is 0 Å². The number of likely N-dealkylation sites (N-methyl/N-ethyl adjacent to an activating group) is 4. The van der Waals surface area contributed by atoms with E-state index in [0.29, 0.717) is 0 Å². The van der Waals surface area contributed by atoms with Crippen LogP contribution in [0.2, 0.25) is 0 Å². The molecule has 0 aromatic carbocycles. The molecule has 2 heterocycles. The van der Waals surface area contributed by atoms with Crippen LogP contribution >= 0.6 is 0 Å². The quantitative estimate of drug-likeness (QED) is 0.422. The van der Waals surface area contributed by atoms with Crippen LogP contribution < -0.4 is 0 Å². The molecule has 2 unspecified atom stereocenters. The number of hydrogen-bond acceptors (Lipinski definition) is 4. The summed E-state index contributed by atoms with van der Waals surface area (Å²) in [4.78, 5) is 9.70. The van der Waals surface area contributed by atoms with E-state index in [2.05, 4.69) is 159 Å². The summed E-state index contributed by atoms with van der Waals surface area (Å²) in [6.07, 6.45) is 0. The highest BCUT2D eigenvalue weighted by atomic mass is 15.3. The minimum absolute atomic E-state index is 0.0708. The lowest BCUT2D eigenvalue weighted by atomic mass is 9.56. The van der Waals surface area contributed by atoms with Crippen LogP contribution in [-0.4, -0.2) is 89.6 Å². The highest BCUT2D eigenvalue weighted by Crippen LogP contribution is 2.54. The van der Waals surface area contributed by atoms with Crippen molar-refractivity contribution in [1.29, 1.82) is 0 Å². The van der Waals surface area contributed by atoms with E-state index in [4.69, 9.17) is 0 Å². The molecule has 200 valence electrons. The van der Waals surface area contributed by atoms with Crippen LogP contribution in [-0.2, 0) is 0 Å². The van der Waals surface area contributed by atoms with Gasteiger partial charge in [-0.1, -0.05) is 25.0 Å². The highest BCUT2D eigenvalue weighted by molar-refractivity contribution is 5.39. The Balaban J connectivity index is 0.000000340. The molecule has 0 saturated heterocycles. The van der Waals surface area contributed by atoms with Crippen LogP contribution in [0.1, 0.15) is 96.9 Å². The molecule has 2 aliphatic rings. The van der Waals surface area contributed by atoms with E-state index in [0.717, 1.165) is 0 Å². The van der Waals surface area contributed by atoms with Gasteiger partial charge in [-0.25, -0.2) is 0 Å². The molecule has 0 aromatic rings. The third-order valence-electron chi connectivity index (χ3n) is 12.1. The first-order chi connectivity index (χ1) is 14.8. The van der Waals surface area contributed by atoms with Crippen molar-refractivity contribution in [2.24, 2.45) is 5.41 Å². The Bertz CT molecular complexity index is 838. The van der Waals surface area contributed by atoms with E-state index in [9.17, 15) is 0 Å². The summed E-state index contributed by atoms with van der Waals surface area (Å²) in [6.45, 7) is 32.7. The van der Waals surface area contributed by atoms with Crippen molar-refractivity contribution >= 4 is 0 Å². The lowest BCUT2D eigenvalue weighted by molar-refractivity contribution is -0.0775. The zero-order valence-corrected chi connectivity index (χ0v) is 26.8. The Hall–Kier alpha value is -0.840. The number of nitrogens with zero attached hydrogens (tertiary/aromatic N) is 4. The minimum Gasteiger partial charge on any atom is -0.371 e. The lowest BCUT2D eigenvalue weighted by Crippen LogP contribution is -2.72. The molecular formula is C30H60N4. The van der Waals surface area contributed by atoms with Gasteiger partial charge in [0.05, 0.1) is 11.1 Å². The first-order valence-corrected chi connectivity index (χ1v) is 13.0. The summed E-state index contributed by atoms with van der Waals surface area (Å²) >= 11 is 0. The van der Waals surface area contributed by atoms with Gasteiger partial charge in [-0.2, -0.15) is 0 Å². The smallest absolute Gasteiger partial charge is 0.0567 e. The van der Waals surface area contributed by atoms with Gasteiger partial charge in [0.15, 0.2) is 0 Å².